The molecule has 1 heterocycles. The minimum atomic E-state index is -1.44. The predicted molar refractivity (Wildman–Crippen MR) is 38.4 cm³/mol. The number of fused-ring (bicyclic) bond motifs is 1. The average molecular weight is 153 g/mol. The molecule has 0 radical (unpaired) electrons. The number of rotatable bonds is 0. The molecular weight excluding hydrogens is 147 g/mol. The highest BCUT2D eigenvalue weighted by Crippen LogP contribution is 2.41. The first kappa shape index (κ1) is 5.87. The van der Waals surface area contributed by atoms with Gasteiger partial charge in [0.05, 0.1) is 5.56 Å². The summed E-state index contributed by atoms with van der Waals surface area (Å²) in [5, 5.41) is 0. The Kier molecular flexibility index (Phi) is 1.21. The van der Waals surface area contributed by atoms with Gasteiger partial charge in [0.15, 0.2) is 5.75 Å². The van der Waals surface area contributed by atoms with Crippen LogP contribution in [0, 0.1) is 0 Å². The average Bonchev–Trinajstić information content (AvgIpc) is 2.27. The zero-order chi connectivity index (χ0) is 6.97. The predicted octanol–water partition coefficient (Wildman–Crippen LogP) is 2.32. The van der Waals surface area contributed by atoms with E-state index in [0.717, 1.165) is 11.3 Å². The van der Waals surface area contributed by atoms with E-state index in [2.05, 4.69) is 0 Å². The smallest absolute Gasteiger partial charge is 0.254 e. The molecule has 0 bridgehead atoms. The molecule has 10 heavy (non-hydrogen) atoms. The molecule has 0 saturated carbocycles. The molecule has 1 unspecified atom stereocenters. The van der Waals surface area contributed by atoms with Gasteiger partial charge in [-0.15, -0.1) is 0 Å². The van der Waals surface area contributed by atoms with E-state index in [4.69, 9.17) is 4.52 Å². The zero-order valence-electron chi connectivity index (χ0n) is 5.28. The lowest BCUT2D eigenvalue weighted by molar-refractivity contribution is 0.517. The Bertz CT molecular complexity index is 256. The summed E-state index contributed by atoms with van der Waals surface area (Å²) in [7, 11) is -1.44. The molecule has 0 aromatic heterocycles. The second-order valence-electron chi connectivity index (χ2n) is 2.19. The van der Waals surface area contributed by atoms with Crippen molar-refractivity contribution in [1.82, 2.24) is 0 Å². The fraction of sp³-hybridized carbons (Fsp3) is 0.143. The minimum Gasteiger partial charge on any atom is -0.254 e. The van der Waals surface area contributed by atoms with Gasteiger partial charge < -0.3 is 0 Å². The van der Waals surface area contributed by atoms with Crippen molar-refractivity contribution >= 4 is 8.03 Å². The van der Waals surface area contributed by atoms with Crippen LogP contribution in [0.4, 0.5) is 0 Å². The Morgan fingerprint density at radius 2 is 2.20 bits per heavy atom. The fourth-order valence-corrected chi connectivity index (χ4v) is 2.01. The number of hydrogen-bond donors (Lipinski definition) is 0. The van der Waals surface area contributed by atoms with E-state index in [1.807, 2.05) is 24.3 Å². The maximum Gasteiger partial charge on any atom is 0.561 e. The lowest BCUT2D eigenvalue weighted by Gasteiger charge is -1.85. The largest absolute Gasteiger partial charge is 0.561 e. The van der Waals surface area contributed by atoms with Gasteiger partial charge >= 0.3 is 8.03 Å². The van der Waals surface area contributed by atoms with Crippen molar-refractivity contribution in [1.29, 1.82) is 0 Å². The summed E-state index contributed by atoms with van der Waals surface area (Å²) >= 11 is 0. The maximum atomic E-state index is 10.8. The van der Waals surface area contributed by atoms with Crippen LogP contribution in [0.25, 0.3) is 0 Å². The Hall–Kier alpha value is -0.880. The van der Waals surface area contributed by atoms with Crippen LogP contribution in [0.1, 0.15) is 5.56 Å². The highest BCUT2D eigenvalue weighted by molar-refractivity contribution is 7.39. The zero-order valence-corrected chi connectivity index (χ0v) is 6.17. The van der Waals surface area contributed by atoms with Crippen molar-refractivity contribution in [3.8, 4) is 5.75 Å². The third-order valence-corrected chi connectivity index (χ3v) is 2.47. The van der Waals surface area contributed by atoms with Gasteiger partial charge in [-0.2, -0.15) is 0 Å². The van der Waals surface area contributed by atoms with E-state index in [9.17, 15) is 4.57 Å². The molecule has 2 rings (SSSR count). The normalized spacial score (nSPS) is 18.2. The Labute approximate surface area is 59.7 Å². The minimum absolute atomic E-state index is 0.575. The van der Waals surface area contributed by atoms with Crippen LogP contribution < -0.4 is 4.52 Å². The third-order valence-electron chi connectivity index (χ3n) is 1.47. The molecule has 0 N–H and O–H groups in total. The van der Waals surface area contributed by atoms with Crippen LogP contribution >= 0.6 is 8.03 Å². The van der Waals surface area contributed by atoms with Gasteiger partial charge in [-0.05, 0) is 10.6 Å². The molecule has 0 saturated heterocycles. The Morgan fingerprint density at radius 3 is 3.00 bits per heavy atom. The molecule has 3 heteroatoms. The SMILES string of the molecule is O=[P+]1Cc2ccccc2O1. The summed E-state index contributed by atoms with van der Waals surface area (Å²) in [6, 6.07) is 7.59. The quantitative estimate of drug-likeness (QED) is 0.534. The van der Waals surface area contributed by atoms with Gasteiger partial charge in [0.2, 0.25) is 6.16 Å². The molecule has 1 atom stereocenters. The van der Waals surface area contributed by atoms with E-state index in [1.165, 1.54) is 0 Å². The molecule has 1 aliphatic rings. The van der Waals surface area contributed by atoms with Crippen molar-refractivity contribution < 1.29 is 9.09 Å². The van der Waals surface area contributed by atoms with Crippen molar-refractivity contribution in [2.24, 2.45) is 0 Å². The van der Waals surface area contributed by atoms with E-state index >= 15 is 0 Å². The highest BCUT2D eigenvalue weighted by atomic mass is 31.1. The van der Waals surface area contributed by atoms with Crippen molar-refractivity contribution in [2.45, 2.75) is 6.16 Å². The Balaban J connectivity index is 2.51. The van der Waals surface area contributed by atoms with Gasteiger partial charge in [0.25, 0.3) is 0 Å². The molecule has 1 aliphatic heterocycles. The molecular formula is C7H6O2P+. The number of benzene rings is 1. The topological polar surface area (TPSA) is 26.3 Å². The Morgan fingerprint density at radius 1 is 1.40 bits per heavy atom. The molecule has 2 nitrogen and oxygen atoms in total. The first-order valence-electron chi connectivity index (χ1n) is 3.07. The summed E-state index contributed by atoms with van der Waals surface area (Å²) in [5.41, 5.74) is 1.06. The van der Waals surface area contributed by atoms with Crippen LogP contribution in [0.3, 0.4) is 0 Å². The van der Waals surface area contributed by atoms with Gasteiger partial charge in [-0.25, -0.2) is 0 Å². The van der Waals surface area contributed by atoms with Gasteiger partial charge in [0, 0.05) is 0 Å². The van der Waals surface area contributed by atoms with Crippen LogP contribution in [-0.4, -0.2) is 0 Å². The molecule has 1 aromatic carbocycles. The van der Waals surface area contributed by atoms with Crippen molar-refractivity contribution in [3.05, 3.63) is 29.8 Å². The second-order valence-corrected chi connectivity index (χ2v) is 3.35. The fourth-order valence-electron chi connectivity index (χ4n) is 1.00. The van der Waals surface area contributed by atoms with E-state index < -0.39 is 8.03 Å². The first-order valence-corrected chi connectivity index (χ1v) is 4.43. The monoisotopic (exact) mass is 153 g/mol. The third kappa shape index (κ3) is 0.812. The summed E-state index contributed by atoms with van der Waals surface area (Å²) < 4.78 is 15.8. The van der Waals surface area contributed by atoms with Crippen LogP contribution in [-0.2, 0) is 10.7 Å². The summed E-state index contributed by atoms with van der Waals surface area (Å²) in [5.74, 6) is 0.781. The van der Waals surface area contributed by atoms with Gasteiger partial charge in [-0.3, -0.25) is 4.52 Å². The maximum absolute atomic E-state index is 10.8. The van der Waals surface area contributed by atoms with E-state index in [1.54, 1.807) is 0 Å². The molecule has 0 fully saturated rings. The van der Waals surface area contributed by atoms with Crippen molar-refractivity contribution in [2.75, 3.05) is 0 Å². The van der Waals surface area contributed by atoms with Gasteiger partial charge in [0.1, 0.15) is 0 Å². The highest BCUT2D eigenvalue weighted by Gasteiger charge is 2.31. The van der Waals surface area contributed by atoms with Crippen LogP contribution in [0.2, 0.25) is 0 Å². The molecule has 1 aromatic rings. The van der Waals surface area contributed by atoms with Crippen LogP contribution in [0.5, 0.6) is 5.75 Å². The molecule has 0 spiro atoms. The summed E-state index contributed by atoms with van der Waals surface area (Å²) in [6.45, 7) is 0. The number of hydrogen-bond acceptors (Lipinski definition) is 2. The number of para-hydroxylation sites is 1. The molecule has 0 amide bonds. The van der Waals surface area contributed by atoms with E-state index in [-0.39, 0.29) is 0 Å². The van der Waals surface area contributed by atoms with Crippen molar-refractivity contribution in [3.63, 3.8) is 0 Å². The lowest BCUT2D eigenvalue weighted by Crippen LogP contribution is -1.71. The summed E-state index contributed by atoms with van der Waals surface area (Å²) in [4.78, 5) is 0. The first-order chi connectivity index (χ1) is 4.86. The standard InChI is InChI=1S/C7H6O2P/c8-10-5-6-3-1-2-4-7(6)9-10/h1-4H,5H2/q+1. The molecule has 50 valence electrons. The van der Waals surface area contributed by atoms with Gasteiger partial charge in [-0.1, -0.05) is 18.2 Å². The summed E-state index contributed by atoms with van der Waals surface area (Å²) in [6.07, 6.45) is 0.575. The van der Waals surface area contributed by atoms with Crippen LogP contribution in [0.15, 0.2) is 24.3 Å². The second kappa shape index (κ2) is 2.06. The van der Waals surface area contributed by atoms with E-state index in [0.29, 0.717) is 6.16 Å². The molecule has 0 aliphatic carbocycles. The lowest BCUT2D eigenvalue weighted by atomic mass is 10.2.